The highest BCUT2D eigenvalue weighted by Gasteiger charge is 2.26. The second-order valence-electron chi connectivity index (χ2n) is 5.06. The number of hydrogen-bond acceptors (Lipinski definition) is 4. The number of ether oxygens (including phenoxy) is 1. The van der Waals surface area contributed by atoms with Gasteiger partial charge in [0, 0.05) is 18.8 Å². The van der Waals surface area contributed by atoms with Crippen LogP contribution < -0.4 is 0 Å². The number of halogens is 1. The Morgan fingerprint density at radius 2 is 2.29 bits per heavy atom. The number of rotatable bonds is 4. The van der Waals surface area contributed by atoms with Crippen molar-refractivity contribution < 1.29 is 14.3 Å². The van der Waals surface area contributed by atoms with E-state index in [-0.39, 0.29) is 29.3 Å². The van der Waals surface area contributed by atoms with Gasteiger partial charge in [0.1, 0.15) is 5.15 Å². The van der Waals surface area contributed by atoms with Gasteiger partial charge in [-0.1, -0.05) is 18.5 Å². The lowest BCUT2D eigenvalue weighted by Crippen LogP contribution is -2.45. The molecule has 6 heteroatoms. The molecular weight excluding hydrogens is 292 g/mol. The van der Waals surface area contributed by atoms with Crippen molar-refractivity contribution in [3.05, 3.63) is 29.0 Å². The summed E-state index contributed by atoms with van der Waals surface area (Å²) < 4.78 is 5.06. The third-order valence-corrected chi connectivity index (χ3v) is 4.03. The first-order valence-electron chi connectivity index (χ1n) is 7.20. The van der Waals surface area contributed by atoms with Crippen LogP contribution in [0.25, 0.3) is 0 Å². The van der Waals surface area contributed by atoms with E-state index in [9.17, 15) is 9.59 Å². The summed E-state index contributed by atoms with van der Waals surface area (Å²) >= 11 is 5.82. The number of piperidine rings is 1. The fourth-order valence-corrected chi connectivity index (χ4v) is 2.78. The Hall–Kier alpha value is -1.62. The summed E-state index contributed by atoms with van der Waals surface area (Å²) in [4.78, 5) is 29.7. The van der Waals surface area contributed by atoms with E-state index in [1.54, 1.807) is 6.07 Å². The number of carbonyl (C=O) groups excluding carboxylic acids is 2. The zero-order valence-electron chi connectivity index (χ0n) is 12.0. The number of amides is 1. The van der Waals surface area contributed by atoms with Crippen LogP contribution in [-0.2, 0) is 9.53 Å². The molecule has 1 aliphatic rings. The first kappa shape index (κ1) is 15.8. The minimum absolute atomic E-state index is 0.0827. The normalized spacial score (nSPS) is 18.4. The van der Waals surface area contributed by atoms with E-state index >= 15 is 0 Å². The minimum atomic E-state index is -0.619. The third-order valence-electron chi connectivity index (χ3n) is 3.72. The smallest absolute Gasteiger partial charge is 0.341 e. The molecule has 5 nitrogen and oxygen atoms in total. The highest BCUT2D eigenvalue weighted by Crippen LogP contribution is 2.20. The van der Waals surface area contributed by atoms with Gasteiger partial charge in [-0.3, -0.25) is 4.79 Å². The largest absolute Gasteiger partial charge is 0.452 e. The van der Waals surface area contributed by atoms with E-state index in [0.717, 1.165) is 32.2 Å². The molecule has 0 aliphatic carbocycles. The van der Waals surface area contributed by atoms with Gasteiger partial charge in [-0.2, -0.15) is 0 Å². The SMILES string of the molecule is CCC1CCCCN1C(=O)COC(=O)c1cccnc1Cl. The van der Waals surface area contributed by atoms with Crippen LogP contribution in [0, 0.1) is 0 Å². The van der Waals surface area contributed by atoms with Crippen molar-refractivity contribution in [2.24, 2.45) is 0 Å². The van der Waals surface area contributed by atoms with Crippen molar-refractivity contribution in [1.82, 2.24) is 9.88 Å². The van der Waals surface area contributed by atoms with Crippen molar-refractivity contribution in [2.45, 2.75) is 38.6 Å². The maximum atomic E-state index is 12.2. The van der Waals surface area contributed by atoms with Crippen LogP contribution >= 0.6 is 11.6 Å². The summed E-state index contributed by atoms with van der Waals surface area (Å²) in [5.74, 6) is -0.763. The van der Waals surface area contributed by atoms with Crippen LogP contribution in [0.5, 0.6) is 0 Å². The Morgan fingerprint density at radius 1 is 1.48 bits per heavy atom. The van der Waals surface area contributed by atoms with Crippen LogP contribution in [-0.4, -0.2) is 41.0 Å². The van der Waals surface area contributed by atoms with E-state index in [0.29, 0.717) is 0 Å². The first-order chi connectivity index (χ1) is 10.1. The summed E-state index contributed by atoms with van der Waals surface area (Å²) in [6.45, 7) is 2.56. The van der Waals surface area contributed by atoms with Gasteiger partial charge >= 0.3 is 5.97 Å². The molecule has 21 heavy (non-hydrogen) atoms. The van der Waals surface area contributed by atoms with E-state index in [4.69, 9.17) is 16.3 Å². The number of pyridine rings is 1. The van der Waals surface area contributed by atoms with Crippen molar-refractivity contribution >= 4 is 23.5 Å². The molecule has 0 aromatic carbocycles. The molecule has 2 rings (SSSR count). The molecule has 1 unspecified atom stereocenters. The molecule has 1 fully saturated rings. The van der Waals surface area contributed by atoms with Crippen LogP contribution in [0.1, 0.15) is 43.0 Å². The van der Waals surface area contributed by atoms with Gasteiger partial charge in [-0.25, -0.2) is 9.78 Å². The van der Waals surface area contributed by atoms with E-state index in [1.807, 2.05) is 4.90 Å². The van der Waals surface area contributed by atoms with Gasteiger partial charge in [0.25, 0.3) is 5.91 Å². The van der Waals surface area contributed by atoms with Crippen LogP contribution in [0.2, 0.25) is 5.15 Å². The lowest BCUT2D eigenvalue weighted by atomic mass is 10.00. The summed E-state index contributed by atoms with van der Waals surface area (Å²) in [5.41, 5.74) is 0.178. The van der Waals surface area contributed by atoms with E-state index in [1.165, 1.54) is 12.3 Å². The molecule has 0 N–H and O–H groups in total. The van der Waals surface area contributed by atoms with Gasteiger partial charge < -0.3 is 9.64 Å². The highest BCUT2D eigenvalue weighted by molar-refractivity contribution is 6.32. The van der Waals surface area contributed by atoms with Crippen molar-refractivity contribution in [3.8, 4) is 0 Å². The zero-order valence-corrected chi connectivity index (χ0v) is 12.8. The molecule has 0 bridgehead atoms. The van der Waals surface area contributed by atoms with Crippen LogP contribution in [0.4, 0.5) is 0 Å². The average Bonchev–Trinajstić information content (AvgIpc) is 2.52. The molecule has 0 saturated carbocycles. The molecule has 1 aromatic heterocycles. The standard InChI is InChI=1S/C15H19ClN2O3/c1-2-11-6-3-4-9-18(11)13(19)10-21-15(20)12-7-5-8-17-14(12)16/h5,7-8,11H,2-4,6,9-10H2,1H3. The van der Waals surface area contributed by atoms with Gasteiger partial charge in [0.05, 0.1) is 5.56 Å². The molecule has 1 aromatic rings. The molecule has 114 valence electrons. The second-order valence-corrected chi connectivity index (χ2v) is 5.42. The molecular formula is C15H19ClN2O3. The Morgan fingerprint density at radius 3 is 3.00 bits per heavy atom. The number of aromatic nitrogens is 1. The fraction of sp³-hybridized carbons (Fsp3) is 0.533. The lowest BCUT2D eigenvalue weighted by molar-refractivity contribution is -0.138. The quantitative estimate of drug-likeness (QED) is 0.633. The fourth-order valence-electron chi connectivity index (χ4n) is 2.58. The molecule has 1 saturated heterocycles. The summed E-state index contributed by atoms with van der Waals surface area (Å²) in [7, 11) is 0. The third kappa shape index (κ3) is 3.94. The number of hydrogen-bond donors (Lipinski definition) is 0. The number of likely N-dealkylation sites (tertiary alicyclic amines) is 1. The first-order valence-corrected chi connectivity index (χ1v) is 7.58. The molecule has 0 spiro atoms. The molecule has 1 atom stereocenters. The summed E-state index contributed by atoms with van der Waals surface area (Å²) in [5, 5.41) is 0.0827. The number of esters is 1. The van der Waals surface area contributed by atoms with Gasteiger partial charge in [0.2, 0.25) is 0 Å². The minimum Gasteiger partial charge on any atom is -0.452 e. The molecule has 1 amide bonds. The van der Waals surface area contributed by atoms with Crippen molar-refractivity contribution in [2.75, 3.05) is 13.2 Å². The number of carbonyl (C=O) groups is 2. The monoisotopic (exact) mass is 310 g/mol. The molecule has 1 aliphatic heterocycles. The average molecular weight is 311 g/mol. The van der Waals surface area contributed by atoms with Crippen LogP contribution in [0.3, 0.4) is 0 Å². The Labute approximate surface area is 129 Å². The maximum absolute atomic E-state index is 12.2. The molecule has 0 radical (unpaired) electrons. The zero-order chi connectivity index (χ0) is 15.2. The molecule has 2 heterocycles. The van der Waals surface area contributed by atoms with Gasteiger partial charge in [-0.15, -0.1) is 0 Å². The second kappa shape index (κ2) is 7.41. The lowest BCUT2D eigenvalue weighted by Gasteiger charge is -2.35. The van der Waals surface area contributed by atoms with Gasteiger partial charge in [-0.05, 0) is 37.8 Å². The van der Waals surface area contributed by atoms with Crippen molar-refractivity contribution in [3.63, 3.8) is 0 Å². The maximum Gasteiger partial charge on any atom is 0.341 e. The van der Waals surface area contributed by atoms with Gasteiger partial charge in [0.15, 0.2) is 6.61 Å². The Kier molecular flexibility index (Phi) is 5.56. The predicted molar refractivity (Wildman–Crippen MR) is 79.2 cm³/mol. The topological polar surface area (TPSA) is 59.5 Å². The highest BCUT2D eigenvalue weighted by atomic mass is 35.5. The summed E-state index contributed by atoms with van der Waals surface area (Å²) in [6, 6.07) is 3.38. The van der Waals surface area contributed by atoms with Crippen molar-refractivity contribution in [1.29, 1.82) is 0 Å². The van der Waals surface area contributed by atoms with Crippen LogP contribution in [0.15, 0.2) is 18.3 Å². The Bertz CT molecular complexity index is 521. The predicted octanol–water partition coefficient (Wildman–Crippen LogP) is 2.68. The van der Waals surface area contributed by atoms with E-state index in [2.05, 4.69) is 11.9 Å². The summed E-state index contributed by atoms with van der Waals surface area (Å²) in [6.07, 6.45) is 5.58. The van der Waals surface area contributed by atoms with E-state index < -0.39 is 5.97 Å². The number of nitrogens with zero attached hydrogens (tertiary/aromatic N) is 2. The Balaban J connectivity index is 1.91.